The third-order valence-corrected chi connectivity index (χ3v) is 6.28. The van der Waals surface area contributed by atoms with E-state index in [0.29, 0.717) is 12.5 Å². The lowest BCUT2D eigenvalue weighted by atomic mass is 9.81. The highest BCUT2D eigenvalue weighted by molar-refractivity contribution is 7.12. The summed E-state index contributed by atoms with van der Waals surface area (Å²) in [7, 11) is 0. The van der Waals surface area contributed by atoms with Gasteiger partial charge in [-0.1, -0.05) is 18.6 Å². The molecule has 1 aliphatic heterocycles. The van der Waals surface area contributed by atoms with E-state index in [9.17, 15) is 4.79 Å². The minimum atomic E-state index is 0.141. The number of likely N-dealkylation sites (tertiary alicyclic amines) is 1. The van der Waals surface area contributed by atoms with Gasteiger partial charge in [0.2, 0.25) is 0 Å². The van der Waals surface area contributed by atoms with Crippen LogP contribution in [0.3, 0.4) is 0 Å². The third-order valence-electron chi connectivity index (χ3n) is 5.42. The molecular weight excluding hydrogens is 320 g/mol. The summed E-state index contributed by atoms with van der Waals surface area (Å²) in [6.45, 7) is 2.98. The van der Waals surface area contributed by atoms with Gasteiger partial charge in [-0.3, -0.25) is 9.78 Å². The number of carbonyl (C=O) groups excluding carboxylic acids is 1. The lowest BCUT2D eigenvalue weighted by Gasteiger charge is -2.28. The van der Waals surface area contributed by atoms with Crippen LogP contribution in [0.1, 0.15) is 34.6 Å². The Kier molecular flexibility index (Phi) is 4.37. The number of thiophene rings is 1. The summed E-state index contributed by atoms with van der Waals surface area (Å²) in [5.74, 6) is 0.758. The zero-order chi connectivity index (χ0) is 16.4. The molecule has 0 radical (unpaired) electrons. The van der Waals surface area contributed by atoms with Crippen molar-refractivity contribution in [3.8, 4) is 0 Å². The topological polar surface area (TPSA) is 42.4 Å². The number of fused-ring (bicyclic) bond motifs is 1. The molecule has 0 unspecified atom stereocenters. The molecule has 3 heterocycles. The summed E-state index contributed by atoms with van der Waals surface area (Å²) >= 11 is 1.53. The number of hydrogen-bond acceptors (Lipinski definition) is 4. The number of hydrogen-bond donors (Lipinski definition) is 0. The van der Waals surface area contributed by atoms with Crippen molar-refractivity contribution in [1.29, 1.82) is 0 Å². The Hall–Kier alpha value is -1.72. The molecule has 1 saturated carbocycles. The van der Waals surface area contributed by atoms with Crippen molar-refractivity contribution in [1.82, 2.24) is 9.88 Å². The van der Waals surface area contributed by atoms with Crippen LogP contribution in [0.2, 0.25) is 0 Å². The Morgan fingerprint density at radius 3 is 3.12 bits per heavy atom. The Morgan fingerprint density at radius 1 is 1.38 bits per heavy atom. The normalized spacial score (nSPS) is 25.8. The molecule has 4 rings (SSSR count). The number of ether oxygens (including phenoxy) is 1. The van der Waals surface area contributed by atoms with E-state index >= 15 is 0 Å². The van der Waals surface area contributed by atoms with Crippen molar-refractivity contribution in [2.75, 3.05) is 19.7 Å². The number of carbonyl (C=O) groups is 1. The Morgan fingerprint density at radius 2 is 2.33 bits per heavy atom. The van der Waals surface area contributed by atoms with Gasteiger partial charge in [0.1, 0.15) is 0 Å². The van der Waals surface area contributed by atoms with Gasteiger partial charge in [0.05, 0.1) is 23.8 Å². The van der Waals surface area contributed by atoms with Crippen molar-refractivity contribution in [3.05, 3.63) is 52.5 Å². The highest BCUT2D eigenvalue weighted by atomic mass is 32.1. The maximum Gasteiger partial charge on any atom is 0.263 e. The highest BCUT2D eigenvalue weighted by Crippen LogP contribution is 2.49. The summed E-state index contributed by atoms with van der Waals surface area (Å²) in [6, 6.07) is 9.76. The molecule has 2 fully saturated rings. The maximum absolute atomic E-state index is 12.7. The summed E-state index contributed by atoms with van der Waals surface area (Å²) in [5.41, 5.74) is 1.11. The van der Waals surface area contributed by atoms with E-state index in [2.05, 4.69) is 4.98 Å². The van der Waals surface area contributed by atoms with Gasteiger partial charge in [-0.25, -0.2) is 0 Å². The molecule has 24 heavy (non-hydrogen) atoms. The second-order valence-electron chi connectivity index (χ2n) is 6.93. The largest absolute Gasteiger partial charge is 0.375 e. The SMILES string of the molecule is O=C(c1cccs1)N1C[C@H]2CCC[C@@]2(COCc2ccccn2)C1. The molecule has 0 aromatic carbocycles. The van der Waals surface area contributed by atoms with Gasteiger partial charge < -0.3 is 9.64 Å². The standard InChI is InChI=1S/C19H22N2O2S/c22-18(17-7-4-10-24-17)21-11-15-5-3-8-19(15,13-21)14-23-12-16-6-1-2-9-20-16/h1-2,4,6-7,9-10,15H,3,5,8,11-14H2/t15-,19+/m1/s1. The Bertz CT molecular complexity index is 689. The van der Waals surface area contributed by atoms with E-state index < -0.39 is 0 Å². The van der Waals surface area contributed by atoms with Crippen molar-refractivity contribution in [2.45, 2.75) is 25.9 Å². The molecule has 2 atom stereocenters. The number of amides is 1. The van der Waals surface area contributed by atoms with Crippen molar-refractivity contribution >= 4 is 17.2 Å². The fourth-order valence-electron chi connectivity index (χ4n) is 4.20. The average Bonchev–Trinajstić information content (AvgIpc) is 3.31. The lowest BCUT2D eigenvalue weighted by molar-refractivity contribution is 0.0252. The van der Waals surface area contributed by atoms with E-state index in [4.69, 9.17) is 4.74 Å². The van der Waals surface area contributed by atoms with Gasteiger partial charge in [-0.15, -0.1) is 11.3 Å². The first-order valence-corrected chi connectivity index (χ1v) is 9.45. The maximum atomic E-state index is 12.7. The summed E-state index contributed by atoms with van der Waals surface area (Å²) in [6.07, 6.45) is 5.42. The van der Waals surface area contributed by atoms with Crippen LogP contribution in [0, 0.1) is 11.3 Å². The van der Waals surface area contributed by atoms with Crippen molar-refractivity contribution in [3.63, 3.8) is 0 Å². The van der Waals surface area contributed by atoms with Crippen molar-refractivity contribution < 1.29 is 9.53 Å². The van der Waals surface area contributed by atoms with Gasteiger partial charge >= 0.3 is 0 Å². The molecule has 1 aliphatic carbocycles. The second kappa shape index (κ2) is 6.65. The first-order chi connectivity index (χ1) is 11.8. The van der Waals surface area contributed by atoms with Gasteiger partial charge in [0, 0.05) is 24.7 Å². The second-order valence-corrected chi connectivity index (χ2v) is 7.88. The van der Waals surface area contributed by atoms with Crippen LogP contribution in [0.5, 0.6) is 0 Å². The molecule has 2 aromatic rings. The molecule has 4 nitrogen and oxygen atoms in total. The van der Waals surface area contributed by atoms with Crippen molar-refractivity contribution in [2.24, 2.45) is 11.3 Å². The fraction of sp³-hybridized carbons (Fsp3) is 0.474. The summed E-state index contributed by atoms with van der Waals surface area (Å²) < 4.78 is 6.03. The van der Waals surface area contributed by atoms with Crippen LogP contribution in [-0.2, 0) is 11.3 Å². The van der Waals surface area contributed by atoms with E-state index in [-0.39, 0.29) is 11.3 Å². The Labute approximate surface area is 146 Å². The zero-order valence-corrected chi connectivity index (χ0v) is 14.5. The van der Waals surface area contributed by atoms with Crippen LogP contribution in [-0.4, -0.2) is 35.5 Å². The molecule has 1 saturated heterocycles. The van der Waals surface area contributed by atoms with Crippen LogP contribution in [0.15, 0.2) is 41.9 Å². The monoisotopic (exact) mass is 342 g/mol. The third kappa shape index (κ3) is 2.98. The highest BCUT2D eigenvalue weighted by Gasteiger charge is 2.50. The molecular formula is C19H22N2O2S. The number of pyridine rings is 1. The molecule has 2 aromatic heterocycles. The van der Waals surface area contributed by atoms with E-state index in [0.717, 1.165) is 36.7 Å². The minimum absolute atomic E-state index is 0.141. The summed E-state index contributed by atoms with van der Waals surface area (Å²) in [5, 5.41) is 1.97. The van der Waals surface area contributed by atoms with Gasteiger partial charge in [0.15, 0.2) is 0 Å². The smallest absolute Gasteiger partial charge is 0.263 e. The molecule has 126 valence electrons. The molecule has 0 spiro atoms. The van der Waals surface area contributed by atoms with E-state index in [1.807, 2.05) is 40.6 Å². The van der Waals surface area contributed by atoms with Crippen LogP contribution in [0.25, 0.3) is 0 Å². The molecule has 0 bridgehead atoms. The van der Waals surface area contributed by atoms with Gasteiger partial charge in [-0.05, 0) is 42.3 Å². The molecule has 0 N–H and O–H groups in total. The average molecular weight is 342 g/mol. The van der Waals surface area contributed by atoms with Gasteiger partial charge in [-0.2, -0.15) is 0 Å². The van der Waals surface area contributed by atoms with Gasteiger partial charge in [0.25, 0.3) is 5.91 Å². The first kappa shape index (κ1) is 15.8. The zero-order valence-electron chi connectivity index (χ0n) is 13.7. The first-order valence-electron chi connectivity index (χ1n) is 8.57. The van der Waals surface area contributed by atoms with E-state index in [1.165, 1.54) is 24.2 Å². The van der Waals surface area contributed by atoms with E-state index in [1.54, 1.807) is 6.20 Å². The quantitative estimate of drug-likeness (QED) is 0.834. The predicted octanol–water partition coefficient (Wildman–Crippen LogP) is 3.60. The lowest BCUT2D eigenvalue weighted by Crippen LogP contribution is -2.34. The molecule has 2 aliphatic rings. The summed E-state index contributed by atoms with van der Waals surface area (Å²) in [4.78, 5) is 19.9. The van der Waals surface area contributed by atoms with Crippen LogP contribution < -0.4 is 0 Å². The molecule has 1 amide bonds. The Balaban J connectivity index is 1.40. The minimum Gasteiger partial charge on any atom is -0.375 e. The van der Waals surface area contributed by atoms with Crippen LogP contribution in [0.4, 0.5) is 0 Å². The fourth-order valence-corrected chi connectivity index (χ4v) is 4.89. The number of aromatic nitrogens is 1. The number of nitrogens with zero attached hydrogens (tertiary/aromatic N) is 2. The molecule has 5 heteroatoms. The van der Waals surface area contributed by atoms with Crippen LogP contribution >= 0.6 is 11.3 Å². The number of rotatable bonds is 5. The predicted molar refractivity (Wildman–Crippen MR) is 93.9 cm³/mol.